The number of rotatable bonds is 2. The summed E-state index contributed by atoms with van der Waals surface area (Å²) in [6.07, 6.45) is 6.61. The van der Waals surface area contributed by atoms with Gasteiger partial charge in [0.25, 0.3) is 0 Å². The van der Waals surface area contributed by atoms with E-state index in [1.54, 1.807) is 12.3 Å². The monoisotopic (exact) mass is 476 g/mol. The van der Waals surface area contributed by atoms with E-state index in [4.69, 9.17) is 28.1 Å². The zero-order valence-electron chi connectivity index (χ0n) is 18.1. The summed E-state index contributed by atoms with van der Waals surface area (Å²) < 4.78 is 0. The van der Waals surface area contributed by atoms with Gasteiger partial charge in [0.15, 0.2) is 5.84 Å². The van der Waals surface area contributed by atoms with Crippen molar-refractivity contribution < 1.29 is 0 Å². The Morgan fingerprint density at radius 3 is 2.71 bits per heavy atom. The lowest BCUT2D eigenvalue weighted by atomic mass is 9.73. The Kier molecular flexibility index (Phi) is 5.65. The van der Waals surface area contributed by atoms with Crippen LogP contribution in [0.25, 0.3) is 0 Å². The van der Waals surface area contributed by atoms with E-state index in [1.165, 1.54) is 11.1 Å². The van der Waals surface area contributed by atoms with Crippen LogP contribution < -0.4 is 21.7 Å². The molecule has 1 atom stereocenters. The molecule has 9 heteroatoms. The van der Waals surface area contributed by atoms with Gasteiger partial charge in [0.1, 0.15) is 22.4 Å². The third kappa shape index (κ3) is 3.58. The molecule has 0 radical (unpaired) electrons. The summed E-state index contributed by atoms with van der Waals surface area (Å²) in [6, 6.07) is 10.5. The van der Waals surface area contributed by atoms with Crippen LogP contribution in [0.3, 0.4) is 0 Å². The van der Waals surface area contributed by atoms with Gasteiger partial charge in [-0.1, -0.05) is 43.3 Å². The van der Waals surface area contributed by atoms with Crippen molar-refractivity contribution in [1.29, 1.82) is 0 Å². The number of aliphatic imine (C=N–C) groups is 1. The average molecular weight is 477 g/mol. The van der Waals surface area contributed by atoms with E-state index >= 15 is 0 Å². The molecule has 4 heterocycles. The number of nitrogens with one attached hydrogen (secondary N) is 1. The molecule has 2 aliphatic heterocycles. The van der Waals surface area contributed by atoms with Crippen LogP contribution in [0.15, 0.2) is 47.7 Å². The number of anilines is 3. The van der Waals surface area contributed by atoms with Gasteiger partial charge >= 0.3 is 0 Å². The number of amidine groups is 1. The zero-order chi connectivity index (χ0) is 22.6. The van der Waals surface area contributed by atoms with Crippen molar-refractivity contribution in [3.8, 4) is 0 Å². The second-order valence-corrected chi connectivity index (χ2v) is 9.45. The molecule has 3 aliphatic rings. The van der Waals surface area contributed by atoms with Gasteiger partial charge in [0.05, 0.1) is 24.1 Å². The van der Waals surface area contributed by atoms with Gasteiger partial charge in [-0.25, -0.2) is 15.0 Å². The Morgan fingerprint density at radius 1 is 1.12 bits per heavy atom. The van der Waals surface area contributed by atoms with Gasteiger partial charge in [-0.3, -0.25) is 4.99 Å². The van der Waals surface area contributed by atoms with E-state index < -0.39 is 0 Å². The largest absolute Gasteiger partial charge is 0.382 e. The first-order valence-corrected chi connectivity index (χ1v) is 11.6. The number of nitrogens with two attached hydrogens (primary N) is 2. The van der Waals surface area contributed by atoms with E-state index in [-0.39, 0.29) is 24.7 Å². The number of nitrogen functional groups attached to an aromatic ring is 1. The van der Waals surface area contributed by atoms with Crippen LogP contribution >= 0.6 is 11.6 Å². The van der Waals surface area contributed by atoms with Crippen LogP contribution in [0.5, 0.6) is 0 Å². The minimum atomic E-state index is 0. The second-order valence-electron chi connectivity index (χ2n) is 9.07. The molecule has 1 aromatic carbocycles. The molecule has 2 aromatic heterocycles. The minimum absolute atomic E-state index is 0. The van der Waals surface area contributed by atoms with Crippen molar-refractivity contribution in [2.75, 3.05) is 29.0 Å². The molecule has 8 nitrogen and oxygen atoms in total. The third-order valence-corrected chi connectivity index (χ3v) is 7.69. The molecule has 1 fully saturated rings. The van der Waals surface area contributed by atoms with Crippen LogP contribution in [0, 0.1) is 5.41 Å². The van der Waals surface area contributed by atoms with Gasteiger partial charge in [-0.2, -0.15) is 0 Å². The molecule has 1 spiro atoms. The lowest BCUT2D eigenvalue weighted by Gasteiger charge is -2.42. The van der Waals surface area contributed by atoms with Crippen molar-refractivity contribution in [1.82, 2.24) is 15.0 Å². The van der Waals surface area contributed by atoms with Crippen LogP contribution in [0.1, 0.15) is 48.8 Å². The third-order valence-electron chi connectivity index (χ3n) is 7.29. The fraction of sp³-hybridized carbons (Fsp3) is 0.360. The summed E-state index contributed by atoms with van der Waals surface area (Å²) in [6.45, 7) is 2.33. The lowest BCUT2D eigenvalue weighted by Crippen LogP contribution is -2.44. The van der Waals surface area contributed by atoms with E-state index in [0.29, 0.717) is 23.1 Å². The Morgan fingerprint density at radius 2 is 1.91 bits per heavy atom. The summed E-state index contributed by atoms with van der Waals surface area (Å²) in [7, 11) is 0. The average Bonchev–Trinajstić information content (AvgIpc) is 3.36. The van der Waals surface area contributed by atoms with Gasteiger partial charge in [-0.05, 0) is 41.9 Å². The van der Waals surface area contributed by atoms with Gasteiger partial charge in [-0.15, -0.1) is 0 Å². The molecule has 0 saturated carbocycles. The number of aromatic nitrogens is 3. The number of halogens is 1. The van der Waals surface area contributed by atoms with E-state index in [2.05, 4.69) is 49.4 Å². The standard InChI is InChI=1S/C24H25ClN8.CH4/c25-19-16(5-8-28-22(19)27)32-23-20-17(12-30-23)31-18(13-29-20)33-9-6-24(7-10-33)11-14-3-1-2-4-15(14)21(24)26;/h1-5,8,13,21H,6-7,9-12,26H2,(H3,27,28,30,32);1H4/t21-;/m1./s1. The molecule has 3 aromatic rings. The number of hydrogen-bond donors (Lipinski definition) is 3. The number of nitrogens with zero attached hydrogens (tertiary/aromatic N) is 5. The first kappa shape index (κ1) is 22.6. The van der Waals surface area contributed by atoms with Crippen LogP contribution in [0.2, 0.25) is 5.02 Å². The smallest absolute Gasteiger partial charge is 0.154 e. The number of fused-ring (bicyclic) bond motifs is 2. The van der Waals surface area contributed by atoms with Crippen molar-refractivity contribution >= 4 is 34.8 Å². The Labute approximate surface area is 204 Å². The van der Waals surface area contributed by atoms with Gasteiger partial charge < -0.3 is 21.7 Å². The topological polar surface area (TPSA) is 118 Å². The van der Waals surface area contributed by atoms with Crippen molar-refractivity contribution in [3.05, 3.63) is 70.3 Å². The van der Waals surface area contributed by atoms with Crippen LogP contribution in [0.4, 0.5) is 17.3 Å². The summed E-state index contributed by atoms with van der Waals surface area (Å²) in [5, 5.41) is 3.59. The number of pyridine rings is 1. The SMILES string of the molecule is C.Nc1nccc(NC2=NCc3nc(N4CCC5(CC4)Cc4ccccc4[C@H]5N)cnc32)c1Cl. The maximum atomic E-state index is 6.72. The minimum Gasteiger partial charge on any atom is -0.382 e. The second kappa shape index (κ2) is 8.52. The molecule has 34 heavy (non-hydrogen) atoms. The van der Waals surface area contributed by atoms with Crippen LogP contribution in [-0.4, -0.2) is 33.9 Å². The van der Waals surface area contributed by atoms with E-state index in [9.17, 15) is 0 Å². The molecule has 0 amide bonds. The highest BCUT2D eigenvalue weighted by Crippen LogP contribution is 2.50. The fourth-order valence-electron chi connectivity index (χ4n) is 5.38. The maximum absolute atomic E-state index is 6.72. The van der Waals surface area contributed by atoms with Crippen molar-refractivity contribution in [2.24, 2.45) is 16.1 Å². The Balaban J connectivity index is 0.00000241. The van der Waals surface area contributed by atoms with Gasteiger partial charge in [0, 0.05) is 25.3 Å². The summed E-state index contributed by atoms with van der Waals surface area (Å²) in [5.41, 5.74) is 17.7. The Bertz CT molecular complexity index is 1270. The van der Waals surface area contributed by atoms with Crippen molar-refractivity contribution in [2.45, 2.75) is 39.3 Å². The molecular weight excluding hydrogens is 448 g/mol. The van der Waals surface area contributed by atoms with E-state index in [1.807, 2.05) is 6.20 Å². The van der Waals surface area contributed by atoms with E-state index in [0.717, 1.165) is 49.6 Å². The molecule has 176 valence electrons. The first-order valence-electron chi connectivity index (χ1n) is 11.2. The summed E-state index contributed by atoms with van der Waals surface area (Å²) >= 11 is 6.26. The van der Waals surface area contributed by atoms with Crippen LogP contribution in [-0.2, 0) is 13.0 Å². The maximum Gasteiger partial charge on any atom is 0.154 e. The highest BCUT2D eigenvalue weighted by atomic mass is 35.5. The first-order chi connectivity index (χ1) is 16.0. The normalized spacial score (nSPS) is 19.9. The van der Waals surface area contributed by atoms with Gasteiger partial charge in [0.2, 0.25) is 0 Å². The quantitative estimate of drug-likeness (QED) is 0.512. The molecule has 0 unspecified atom stereocenters. The predicted octanol–water partition coefficient (Wildman–Crippen LogP) is 3.96. The number of piperidine rings is 1. The molecule has 6 rings (SSSR count). The highest BCUT2D eigenvalue weighted by molar-refractivity contribution is 6.36. The lowest BCUT2D eigenvalue weighted by molar-refractivity contribution is 0.187. The molecular formula is C25H29ClN8. The summed E-state index contributed by atoms with van der Waals surface area (Å²) in [5.74, 6) is 1.81. The molecule has 1 aliphatic carbocycles. The number of benzene rings is 1. The summed E-state index contributed by atoms with van der Waals surface area (Å²) in [4.78, 5) is 20.5. The molecule has 0 bridgehead atoms. The Hall–Kier alpha value is -3.23. The highest BCUT2D eigenvalue weighted by Gasteiger charge is 2.46. The van der Waals surface area contributed by atoms with Crippen molar-refractivity contribution in [3.63, 3.8) is 0 Å². The fourth-order valence-corrected chi connectivity index (χ4v) is 5.53. The predicted molar refractivity (Wildman–Crippen MR) is 137 cm³/mol. The molecule has 1 saturated heterocycles. The number of hydrogen-bond acceptors (Lipinski definition) is 8. The zero-order valence-corrected chi connectivity index (χ0v) is 18.9. The molecule has 5 N–H and O–H groups in total.